The van der Waals surface area contributed by atoms with Crippen LogP contribution in [0.1, 0.15) is 24.5 Å². The first-order valence-electron chi connectivity index (χ1n) is 10.5. The van der Waals surface area contributed by atoms with E-state index < -0.39 is 0 Å². The number of carbonyl (C=O) groups excluding carboxylic acids is 1. The molecule has 168 valence electrons. The van der Waals surface area contributed by atoms with Crippen LogP contribution in [-0.2, 0) is 11.4 Å². The number of halogens is 2. The second-order valence-electron chi connectivity index (χ2n) is 7.42. The maximum Gasteiger partial charge on any atom is 0.266 e. The molecule has 1 heterocycles. The van der Waals surface area contributed by atoms with Crippen LogP contribution >= 0.6 is 46.0 Å². The molecule has 0 bridgehead atoms. The van der Waals surface area contributed by atoms with Crippen LogP contribution < -0.4 is 4.74 Å². The zero-order valence-electron chi connectivity index (χ0n) is 18.0. The van der Waals surface area contributed by atoms with Crippen molar-refractivity contribution < 1.29 is 9.53 Å². The molecule has 0 unspecified atom stereocenters. The second kappa shape index (κ2) is 11.2. The van der Waals surface area contributed by atoms with E-state index in [2.05, 4.69) is 58.8 Å². The highest BCUT2D eigenvalue weighted by atomic mass is 127. The molecule has 0 aromatic heterocycles. The summed E-state index contributed by atoms with van der Waals surface area (Å²) in [5.74, 6) is 0.771. The van der Waals surface area contributed by atoms with Gasteiger partial charge in [0.25, 0.3) is 5.91 Å². The Balaban J connectivity index is 1.47. The minimum Gasteiger partial charge on any atom is -0.489 e. The molecule has 0 saturated carbocycles. The van der Waals surface area contributed by atoms with Gasteiger partial charge in [0.1, 0.15) is 12.4 Å². The Labute approximate surface area is 216 Å². The molecule has 0 N–H and O–H groups in total. The summed E-state index contributed by atoms with van der Waals surface area (Å²) in [6, 6.07) is 23.3. The number of rotatable bonds is 7. The third-order valence-corrected chi connectivity index (χ3v) is 6.86. The highest BCUT2D eigenvalue weighted by Crippen LogP contribution is 2.34. The fourth-order valence-corrected chi connectivity index (χ4v) is 4.71. The molecule has 1 amide bonds. The van der Waals surface area contributed by atoms with Crippen LogP contribution in [0.4, 0.5) is 5.69 Å². The van der Waals surface area contributed by atoms with Crippen LogP contribution in [0.5, 0.6) is 5.75 Å². The Morgan fingerprint density at radius 1 is 1.03 bits per heavy atom. The molecule has 1 fully saturated rings. The van der Waals surface area contributed by atoms with Crippen molar-refractivity contribution in [2.75, 3.05) is 6.54 Å². The maximum atomic E-state index is 13.0. The van der Waals surface area contributed by atoms with Crippen molar-refractivity contribution in [1.29, 1.82) is 0 Å². The monoisotopic (exact) mass is 588 g/mol. The highest BCUT2D eigenvalue weighted by Gasteiger charge is 2.32. The van der Waals surface area contributed by atoms with Gasteiger partial charge >= 0.3 is 0 Å². The summed E-state index contributed by atoms with van der Waals surface area (Å²) in [5.41, 5.74) is 2.83. The molecule has 4 nitrogen and oxygen atoms in total. The molecule has 1 aliphatic heterocycles. The van der Waals surface area contributed by atoms with Crippen LogP contribution in [0.25, 0.3) is 6.08 Å². The molecule has 4 rings (SSSR count). The van der Waals surface area contributed by atoms with Gasteiger partial charge in [0.05, 0.1) is 10.6 Å². The lowest BCUT2D eigenvalue weighted by Crippen LogP contribution is -2.29. The summed E-state index contributed by atoms with van der Waals surface area (Å²) in [5, 5.41) is 1.35. The highest BCUT2D eigenvalue weighted by molar-refractivity contribution is 14.1. The van der Waals surface area contributed by atoms with E-state index in [1.54, 1.807) is 17.0 Å². The van der Waals surface area contributed by atoms with Crippen LogP contribution in [0.3, 0.4) is 0 Å². The molecule has 33 heavy (non-hydrogen) atoms. The molecule has 0 atom stereocenters. The fourth-order valence-electron chi connectivity index (χ4n) is 3.20. The summed E-state index contributed by atoms with van der Waals surface area (Å²) in [6.07, 6.45) is 2.76. The van der Waals surface area contributed by atoms with Crippen molar-refractivity contribution in [2.45, 2.75) is 20.0 Å². The second-order valence-corrected chi connectivity index (χ2v) is 10.1. The summed E-state index contributed by atoms with van der Waals surface area (Å²) >= 11 is 9.66. The molecule has 1 saturated heterocycles. The van der Waals surface area contributed by atoms with E-state index in [1.807, 2.05) is 42.5 Å². The Hall–Kier alpha value is -2.29. The van der Waals surface area contributed by atoms with Crippen molar-refractivity contribution in [3.8, 4) is 5.75 Å². The topological polar surface area (TPSA) is 41.9 Å². The van der Waals surface area contributed by atoms with E-state index >= 15 is 0 Å². The van der Waals surface area contributed by atoms with Gasteiger partial charge in [-0.2, -0.15) is 0 Å². The predicted octanol–water partition coefficient (Wildman–Crippen LogP) is 7.54. The quantitative estimate of drug-likeness (QED) is 0.212. The molecule has 7 heteroatoms. The van der Waals surface area contributed by atoms with E-state index in [9.17, 15) is 4.79 Å². The van der Waals surface area contributed by atoms with Crippen molar-refractivity contribution >= 4 is 68.8 Å². The van der Waals surface area contributed by atoms with Gasteiger partial charge in [0.15, 0.2) is 5.17 Å². The minimum absolute atomic E-state index is 0.0198. The van der Waals surface area contributed by atoms with Crippen LogP contribution in [0, 0.1) is 3.57 Å². The normalized spacial score (nSPS) is 16.1. The zero-order valence-corrected chi connectivity index (χ0v) is 21.7. The maximum absolute atomic E-state index is 13.0. The van der Waals surface area contributed by atoms with Gasteiger partial charge in [-0.05, 0) is 107 Å². The van der Waals surface area contributed by atoms with Crippen LogP contribution in [-0.4, -0.2) is 22.5 Å². The van der Waals surface area contributed by atoms with Gasteiger partial charge in [-0.15, -0.1) is 0 Å². The summed E-state index contributed by atoms with van der Waals surface area (Å²) in [7, 11) is 0. The van der Waals surface area contributed by atoms with Crippen molar-refractivity contribution in [1.82, 2.24) is 4.90 Å². The van der Waals surface area contributed by atoms with Gasteiger partial charge in [-0.25, -0.2) is 4.99 Å². The van der Waals surface area contributed by atoms with E-state index in [4.69, 9.17) is 16.3 Å². The molecular weight excluding hydrogens is 567 g/mol. The lowest BCUT2D eigenvalue weighted by atomic mass is 10.2. The molecule has 0 radical (unpaired) electrons. The number of carbonyl (C=O) groups is 1. The van der Waals surface area contributed by atoms with Gasteiger partial charge in [0.2, 0.25) is 0 Å². The minimum atomic E-state index is -0.0198. The summed E-state index contributed by atoms with van der Waals surface area (Å²) < 4.78 is 7.09. The van der Waals surface area contributed by atoms with Crippen LogP contribution in [0.15, 0.2) is 82.7 Å². The lowest BCUT2D eigenvalue weighted by Gasteiger charge is -2.13. The number of nitrogens with zero attached hydrogens (tertiary/aromatic N) is 2. The van der Waals surface area contributed by atoms with Gasteiger partial charge in [-0.1, -0.05) is 42.8 Å². The third-order valence-electron chi connectivity index (χ3n) is 4.88. The van der Waals surface area contributed by atoms with Crippen molar-refractivity contribution in [2.24, 2.45) is 4.99 Å². The number of aliphatic imine (C=N–C) groups is 1. The number of hydrogen-bond acceptors (Lipinski definition) is 4. The average Bonchev–Trinajstić information content (AvgIpc) is 3.10. The predicted molar refractivity (Wildman–Crippen MR) is 146 cm³/mol. The fraction of sp³-hybridized carbons (Fsp3) is 0.154. The SMILES string of the molecule is CCCN1C(=O)/C(=C/c2ccc(OCc3ccc(I)cc3)cc2)SC1=Nc1ccc(Cl)cc1. The zero-order chi connectivity index (χ0) is 23.2. The molecule has 1 aliphatic rings. The van der Waals surface area contributed by atoms with Gasteiger partial charge in [0, 0.05) is 15.1 Å². The lowest BCUT2D eigenvalue weighted by molar-refractivity contribution is -0.122. The molecule has 0 spiro atoms. The number of benzene rings is 3. The Bertz CT molecular complexity index is 1180. The van der Waals surface area contributed by atoms with E-state index in [0.717, 1.165) is 29.0 Å². The average molecular weight is 589 g/mol. The molecular formula is C26H22ClIN2O2S. The first kappa shape index (κ1) is 23.9. The molecule has 3 aromatic rings. The first-order chi connectivity index (χ1) is 16.0. The van der Waals surface area contributed by atoms with Crippen molar-refractivity contribution in [3.05, 3.63) is 97.4 Å². The number of ether oxygens (including phenoxy) is 1. The number of hydrogen-bond donors (Lipinski definition) is 0. The van der Waals surface area contributed by atoms with Crippen LogP contribution in [0.2, 0.25) is 5.02 Å². The third kappa shape index (κ3) is 6.40. The van der Waals surface area contributed by atoms with E-state index in [1.165, 1.54) is 15.3 Å². The van der Waals surface area contributed by atoms with E-state index in [-0.39, 0.29) is 5.91 Å². The largest absolute Gasteiger partial charge is 0.489 e. The number of thioether (sulfide) groups is 1. The standard InChI is InChI=1S/C26H22ClIN2O2S/c1-2-15-30-25(31)24(33-26(30)29-22-11-7-20(27)8-12-22)16-18-5-13-23(14-6-18)32-17-19-3-9-21(28)10-4-19/h3-14,16H,2,15,17H2,1H3/b24-16-,29-26?. The van der Waals surface area contributed by atoms with Crippen molar-refractivity contribution in [3.63, 3.8) is 0 Å². The molecule has 3 aromatic carbocycles. The number of amidine groups is 1. The smallest absolute Gasteiger partial charge is 0.266 e. The van der Waals surface area contributed by atoms with Gasteiger partial charge in [-0.3, -0.25) is 9.69 Å². The van der Waals surface area contributed by atoms with Gasteiger partial charge < -0.3 is 4.74 Å². The number of amides is 1. The Morgan fingerprint density at radius 3 is 2.39 bits per heavy atom. The Morgan fingerprint density at radius 2 is 1.73 bits per heavy atom. The first-order valence-corrected chi connectivity index (χ1v) is 12.8. The molecule has 0 aliphatic carbocycles. The van der Waals surface area contributed by atoms with E-state index in [0.29, 0.717) is 28.2 Å². The summed E-state index contributed by atoms with van der Waals surface area (Å²) in [4.78, 5) is 20.1. The summed E-state index contributed by atoms with van der Waals surface area (Å²) in [6.45, 7) is 3.19. The Kier molecular flexibility index (Phi) is 8.11.